The van der Waals surface area contributed by atoms with Gasteiger partial charge in [0.25, 0.3) is 0 Å². The standard InChI is InChI=1S/C10H14FN3O/c11-8-1-2-10(13-5-8)14-4-3-12-6-9(14)7-15/h1-2,5,9,12,15H,3-4,6-7H2/t9-/m0/s1. The molecular formula is C10H14FN3O. The maximum atomic E-state index is 12.7. The third kappa shape index (κ3) is 2.24. The molecule has 4 nitrogen and oxygen atoms in total. The Morgan fingerprint density at radius 2 is 2.47 bits per heavy atom. The zero-order chi connectivity index (χ0) is 10.7. The zero-order valence-corrected chi connectivity index (χ0v) is 8.36. The predicted molar refractivity (Wildman–Crippen MR) is 55.3 cm³/mol. The minimum Gasteiger partial charge on any atom is -0.394 e. The fourth-order valence-electron chi connectivity index (χ4n) is 1.76. The molecule has 1 aromatic rings. The van der Waals surface area contributed by atoms with E-state index in [4.69, 9.17) is 0 Å². The Labute approximate surface area is 87.7 Å². The van der Waals surface area contributed by atoms with Crippen molar-refractivity contribution in [1.29, 1.82) is 0 Å². The molecule has 1 aliphatic heterocycles. The van der Waals surface area contributed by atoms with Crippen molar-refractivity contribution in [3.05, 3.63) is 24.1 Å². The first-order chi connectivity index (χ1) is 7.31. The van der Waals surface area contributed by atoms with Gasteiger partial charge in [-0.05, 0) is 12.1 Å². The number of hydrogen-bond donors (Lipinski definition) is 2. The van der Waals surface area contributed by atoms with Crippen molar-refractivity contribution in [3.8, 4) is 0 Å². The molecule has 1 atom stereocenters. The van der Waals surface area contributed by atoms with Gasteiger partial charge < -0.3 is 15.3 Å². The molecule has 1 aliphatic rings. The van der Waals surface area contributed by atoms with Crippen molar-refractivity contribution in [1.82, 2.24) is 10.3 Å². The highest BCUT2D eigenvalue weighted by atomic mass is 19.1. The highest BCUT2D eigenvalue weighted by Crippen LogP contribution is 2.15. The molecule has 0 spiro atoms. The molecular weight excluding hydrogens is 197 g/mol. The van der Waals surface area contributed by atoms with E-state index in [-0.39, 0.29) is 18.5 Å². The van der Waals surface area contributed by atoms with Gasteiger partial charge in [-0.3, -0.25) is 0 Å². The van der Waals surface area contributed by atoms with Gasteiger partial charge in [0.05, 0.1) is 18.8 Å². The molecule has 1 aromatic heterocycles. The number of anilines is 1. The third-order valence-corrected chi connectivity index (χ3v) is 2.57. The van der Waals surface area contributed by atoms with Crippen molar-refractivity contribution in [2.45, 2.75) is 6.04 Å². The molecule has 0 aromatic carbocycles. The van der Waals surface area contributed by atoms with E-state index in [9.17, 15) is 9.50 Å². The number of piperazine rings is 1. The van der Waals surface area contributed by atoms with Crippen LogP contribution in [0.5, 0.6) is 0 Å². The Morgan fingerprint density at radius 3 is 3.13 bits per heavy atom. The van der Waals surface area contributed by atoms with Gasteiger partial charge in [-0.15, -0.1) is 0 Å². The smallest absolute Gasteiger partial charge is 0.141 e. The summed E-state index contributed by atoms with van der Waals surface area (Å²) in [7, 11) is 0. The van der Waals surface area contributed by atoms with Crippen LogP contribution in [-0.2, 0) is 0 Å². The number of aliphatic hydroxyl groups is 1. The second-order valence-corrected chi connectivity index (χ2v) is 3.57. The summed E-state index contributed by atoms with van der Waals surface area (Å²) >= 11 is 0. The van der Waals surface area contributed by atoms with Crippen LogP contribution in [0, 0.1) is 5.82 Å². The molecule has 0 bridgehead atoms. The molecule has 5 heteroatoms. The second kappa shape index (κ2) is 4.55. The summed E-state index contributed by atoms with van der Waals surface area (Å²) in [5, 5.41) is 12.4. The van der Waals surface area contributed by atoms with Crippen LogP contribution >= 0.6 is 0 Å². The van der Waals surface area contributed by atoms with Gasteiger partial charge in [0.15, 0.2) is 0 Å². The van der Waals surface area contributed by atoms with Crippen LogP contribution in [0.15, 0.2) is 18.3 Å². The SMILES string of the molecule is OC[C@@H]1CNCCN1c1ccc(F)cn1. The third-order valence-electron chi connectivity index (χ3n) is 2.57. The van der Waals surface area contributed by atoms with Crippen LogP contribution in [0.4, 0.5) is 10.2 Å². The van der Waals surface area contributed by atoms with E-state index in [1.165, 1.54) is 12.3 Å². The summed E-state index contributed by atoms with van der Waals surface area (Å²) in [6.45, 7) is 2.45. The lowest BCUT2D eigenvalue weighted by molar-refractivity contribution is 0.246. The summed E-state index contributed by atoms with van der Waals surface area (Å²) < 4.78 is 12.7. The molecule has 0 amide bonds. The molecule has 2 N–H and O–H groups in total. The average molecular weight is 211 g/mol. The first-order valence-electron chi connectivity index (χ1n) is 5.01. The number of rotatable bonds is 2. The molecule has 82 valence electrons. The summed E-state index contributed by atoms with van der Waals surface area (Å²) in [6, 6.07) is 3.05. The van der Waals surface area contributed by atoms with Crippen LogP contribution in [0.3, 0.4) is 0 Å². The van der Waals surface area contributed by atoms with Crippen molar-refractivity contribution >= 4 is 5.82 Å². The number of nitrogens with one attached hydrogen (secondary N) is 1. The van der Waals surface area contributed by atoms with Crippen LogP contribution in [-0.4, -0.2) is 42.4 Å². The quantitative estimate of drug-likeness (QED) is 0.722. The molecule has 1 saturated heterocycles. The second-order valence-electron chi connectivity index (χ2n) is 3.57. The van der Waals surface area contributed by atoms with E-state index in [1.54, 1.807) is 6.07 Å². The monoisotopic (exact) mass is 211 g/mol. The number of pyridine rings is 1. The number of halogens is 1. The fraction of sp³-hybridized carbons (Fsp3) is 0.500. The maximum Gasteiger partial charge on any atom is 0.141 e. The summed E-state index contributed by atoms with van der Waals surface area (Å²) in [5.74, 6) is 0.381. The predicted octanol–water partition coefficient (Wildman–Crippen LogP) is -0.00880. The zero-order valence-electron chi connectivity index (χ0n) is 8.36. The van der Waals surface area contributed by atoms with E-state index >= 15 is 0 Å². The fourth-order valence-corrected chi connectivity index (χ4v) is 1.76. The van der Waals surface area contributed by atoms with Crippen molar-refractivity contribution in [2.24, 2.45) is 0 Å². The van der Waals surface area contributed by atoms with E-state index < -0.39 is 0 Å². The van der Waals surface area contributed by atoms with E-state index in [0.717, 1.165) is 25.5 Å². The largest absolute Gasteiger partial charge is 0.394 e. The average Bonchev–Trinajstić information content (AvgIpc) is 2.30. The van der Waals surface area contributed by atoms with Gasteiger partial charge in [-0.1, -0.05) is 0 Å². The molecule has 1 fully saturated rings. The number of aromatic nitrogens is 1. The molecule has 0 saturated carbocycles. The molecule has 0 unspecified atom stereocenters. The lowest BCUT2D eigenvalue weighted by Gasteiger charge is -2.35. The molecule has 2 rings (SSSR count). The molecule has 2 heterocycles. The first kappa shape index (κ1) is 10.3. The Kier molecular flexibility index (Phi) is 3.13. The van der Waals surface area contributed by atoms with Gasteiger partial charge in [-0.2, -0.15) is 0 Å². The number of hydrogen-bond acceptors (Lipinski definition) is 4. The van der Waals surface area contributed by atoms with Crippen LogP contribution < -0.4 is 10.2 Å². The topological polar surface area (TPSA) is 48.4 Å². The normalized spacial score (nSPS) is 21.7. The van der Waals surface area contributed by atoms with Gasteiger partial charge in [0.2, 0.25) is 0 Å². The van der Waals surface area contributed by atoms with E-state index in [2.05, 4.69) is 10.3 Å². The Bertz CT molecular complexity index is 317. The first-order valence-corrected chi connectivity index (χ1v) is 5.01. The van der Waals surface area contributed by atoms with Crippen molar-refractivity contribution in [2.75, 3.05) is 31.1 Å². The Morgan fingerprint density at radius 1 is 1.60 bits per heavy atom. The minimum absolute atomic E-state index is 0.0247. The van der Waals surface area contributed by atoms with Gasteiger partial charge in [-0.25, -0.2) is 9.37 Å². The Balaban J connectivity index is 2.16. The summed E-state index contributed by atoms with van der Waals surface area (Å²) in [4.78, 5) is 6.01. The van der Waals surface area contributed by atoms with Gasteiger partial charge >= 0.3 is 0 Å². The maximum absolute atomic E-state index is 12.7. The lowest BCUT2D eigenvalue weighted by atomic mass is 10.2. The van der Waals surface area contributed by atoms with Gasteiger partial charge in [0.1, 0.15) is 11.6 Å². The van der Waals surface area contributed by atoms with Crippen molar-refractivity contribution < 1.29 is 9.50 Å². The minimum atomic E-state index is -0.338. The van der Waals surface area contributed by atoms with Gasteiger partial charge in [0, 0.05) is 19.6 Å². The van der Waals surface area contributed by atoms with Crippen LogP contribution in [0.25, 0.3) is 0 Å². The van der Waals surface area contributed by atoms with Crippen LogP contribution in [0.1, 0.15) is 0 Å². The molecule has 0 aliphatic carbocycles. The highest BCUT2D eigenvalue weighted by molar-refractivity contribution is 5.40. The molecule has 0 radical (unpaired) electrons. The van der Waals surface area contributed by atoms with E-state index in [1.807, 2.05) is 4.90 Å². The van der Waals surface area contributed by atoms with Crippen LogP contribution in [0.2, 0.25) is 0 Å². The highest BCUT2D eigenvalue weighted by Gasteiger charge is 2.22. The Hall–Kier alpha value is -1.20. The summed E-state index contributed by atoms with van der Waals surface area (Å²) in [5.41, 5.74) is 0. The number of nitrogens with zero attached hydrogens (tertiary/aromatic N) is 2. The van der Waals surface area contributed by atoms with Crippen molar-refractivity contribution in [3.63, 3.8) is 0 Å². The van der Waals surface area contributed by atoms with E-state index in [0.29, 0.717) is 0 Å². The lowest BCUT2D eigenvalue weighted by Crippen LogP contribution is -2.53. The number of aliphatic hydroxyl groups excluding tert-OH is 1. The molecule has 15 heavy (non-hydrogen) atoms. The summed E-state index contributed by atoms with van der Waals surface area (Å²) in [6.07, 6.45) is 1.20.